The Labute approximate surface area is 64.8 Å². The first-order chi connectivity index (χ1) is 5.08. The van der Waals surface area contributed by atoms with Gasteiger partial charge in [-0.3, -0.25) is 0 Å². The third kappa shape index (κ3) is 3.33. The van der Waals surface area contributed by atoms with Crippen LogP contribution in [0, 0.1) is 0 Å². The summed E-state index contributed by atoms with van der Waals surface area (Å²) in [5.41, 5.74) is 0.605. The molecule has 1 atom stereocenters. The smallest absolute Gasteiger partial charge is 0.136 e. The van der Waals surface area contributed by atoms with Gasteiger partial charge in [-0.1, -0.05) is 30.3 Å². The summed E-state index contributed by atoms with van der Waals surface area (Å²) in [4.78, 5) is 18.9. The van der Waals surface area contributed by atoms with Crippen molar-refractivity contribution >= 4 is 7.60 Å². The van der Waals surface area contributed by atoms with Gasteiger partial charge in [0.1, 0.15) is 7.60 Å². The Hall–Kier alpha value is -0.630. The van der Waals surface area contributed by atoms with Gasteiger partial charge in [0.05, 0.1) is 0 Å². The van der Waals surface area contributed by atoms with E-state index in [1.54, 1.807) is 30.3 Å². The van der Waals surface area contributed by atoms with Gasteiger partial charge in [0.25, 0.3) is 0 Å². The van der Waals surface area contributed by atoms with E-state index in [-0.39, 0.29) is 6.16 Å². The van der Waals surface area contributed by atoms with Crippen molar-refractivity contribution in [2.75, 3.05) is 0 Å². The van der Waals surface area contributed by atoms with Crippen molar-refractivity contribution in [2.45, 2.75) is 6.16 Å². The van der Waals surface area contributed by atoms with E-state index in [2.05, 4.69) is 0 Å². The average molecular weight is 171 g/mol. The Morgan fingerprint density at radius 1 is 1.36 bits per heavy atom. The first kappa shape index (κ1) is 8.47. The molecule has 1 aromatic rings. The van der Waals surface area contributed by atoms with Gasteiger partial charge >= 0.3 is 0 Å². The zero-order chi connectivity index (χ0) is 8.32. The zero-order valence-corrected chi connectivity index (χ0v) is 6.70. The lowest BCUT2D eigenvalue weighted by molar-refractivity contribution is -0.194. The Kier molecular flexibility index (Phi) is 2.45. The molecular formula is C7H8O3P-. The number of hydrogen-bond donors (Lipinski definition) is 1. The van der Waals surface area contributed by atoms with E-state index >= 15 is 0 Å². The van der Waals surface area contributed by atoms with E-state index in [0.29, 0.717) is 5.56 Å². The zero-order valence-electron chi connectivity index (χ0n) is 5.80. The van der Waals surface area contributed by atoms with Gasteiger partial charge < -0.3 is 14.4 Å². The summed E-state index contributed by atoms with van der Waals surface area (Å²) in [5, 5.41) is 0. The molecule has 3 nitrogen and oxygen atoms in total. The Morgan fingerprint density at radius 3 is 2.36 bits per heavy atom. The quantitative estimate of drug-likeness (QED) is 0.667. The van der Waals surface area contributed by atoms with Gasteiger partial charge in [-0.25, -0.2) is 0 Å². The fraction of sp³-hybridized carbons (Fsp3) is 0.143. The van der Waals surface area contributed by atoms with Gasteiger partial charge in [-0.2, -0.15) is 0 Å². The Bertz CT molecular complexity index is 264. The molecule has 1 N–H and O–H groups in total. The molecule has 0 aliphatic rings. The summed E-state index contributed by atoms with van der Waals surface area (Å²) in [6.45, 7) is 0. The topological polar surface area (TPSA) is 60.4 Å². The van der Waals surface area contributed by atoms with Crippen molar-refractivity contribution in [2.24, 2.45) is 0 Å². The van der Waals surface area contributed by atoms with Crippen molar-refractivity contribution in [1.29, 1.82) is 0 Å². The summed E-state index contributed by atoms with van der Waals surface area (Å²) in [7, 11) is -4.14. The van der Waals surface area contributed by atoms with Gasteiger partial charge in [0.2, 0.25) is 0 Å². The second kappa shape index (κ2) is 3.18. The van der Waals surface area contributed by atoms with Crippen molar-refractivity contribution in [3.8, 4) is 0 Å². The summed E-state index contributed by atoms with van der Waals surface area (Å²) >= 11 is 0. The molecule has 0 aliphatic heterocycles. The van der Waals surface area contributed by atoms with Crippen LogP contribution in [0.15, 0.2) is 30.3 Å². The molecule has 0 aliphatic carbocycles. The van der Waals surface area contributed by atoms with Crippen molar-refractivity contribution in [3.63, 3.8) is 0 Å². The van der Waals surface area contributed by atoms with Crippen LogP contribution < -0.4 is 4.89 Å². The van der Waals surface area contributed by atoms with E-state index in [0.717, 1.165) is 0 Å². The predicted octanol–water partition coefficient (Wildman–Crippen LogP) is 0.732. The minimum atomic E-state index is -4.14. The second-order valence-electron chi connectivity index (χ2n) is 2.28. The van der Waals surface area contributed by atoms with Crippen LogP contribution in [0.5, 0.6) is 0 Å². The molecule has 0 fully saturated rings. The lowest BCUT2D eigenvalue weighted by Gasteiger charge is -2.14. The van der Waals surface area contributed by atoms with Crippen LogP contribution in [0.25, 0.3) is 0 Å². The fourth-order valence-electron chi connectivity index (χ4n) is 0.814. The molecule has 1 rings (SSSR count). The van der Waals surface area contributed by atoms with Crippen molar-refractivity contribution in [1.82, 2.24) is 0 Å². The normalized spacial score (nSPS) is 15.8. The van der Waals surface area contributed by atoms with Crippen LogP contribution in [0.4, 0.5) is 0 Å². The summed E-state index contributed by atoms with van der Waals surface area (Å²) in [6.07, 6.45) is -0.284. The first-order valence-electron chi connectivity index (χ1n) is 3.15. The van der Waals surface area contributed by atoms with E-state index in [9.17, 15) is 9.46 Å². The summed E-state index contributed by atoms with van der Waals surface area (Å²) in [5.74, 6) is 0. The highest BCUT2D eigenvalue weighted by Gasteiger charge is 2.01. The van der Waals surface area contributed by atoms with Crippen LogP contribution in [-0.4, -0.2) is 4.89 Å². The highest BCUT2D eigenvalue weighted by Crippen LogP contribution is 2.33. The minimum absolute atomic E-state index is 0.284. The van der Waals surface area contributed by atoms with E-state index < -0.39 is 7.60 Å². The summed E-state index contributed by atoms with van der Waals surface area (Å²) < 4.78 is 10.4. The molecule has 0 bridgehead atoms. The third-order valence-corrected chi connectivity index (χ3v) is 1.99. The highest BCUT2D eigenvalue weighted by molar-refractivity contribution is 7.49. The number of benzene rings is 1. The molecule has 11 heavy (non-hydrogen) atoms. The van der Waals surface area contributed by atoms with E-state index in [4.69, 9.17) is 4.89 Å². The molecule has 0 saturated carbocycles. The van der Waals surface area contributed by atoms with Gasteiger partial charge in [0.15, 0.2) is 0 Å². The molecule has 0 saturated heterocycles. The second-order valence-corrected chi connectivity index (χ2v) is 3.87. The maximum Gasteiger partial charge on any atom is 0.136 e. The SMILES string of the molecule is O=P([O-])(O)Cc1ccccc1. The Morgan fingerprint density at radius 2 is 1.91 bits per heavy atom. The number of hydrogen-bond acceptors (Lipinski definition) is 2. The first-order valence-corrected chi connectivity index (χ1v) is 4.91. The Balaban J connectivity index is 2.74. The van der Waals surface area contributed by atoms with Crippen LogP contribution in [0.2, 0.25) is 0 Å². The molecule has 1 unspecified atom stereocenters. The van der Waals surface area contributed by atoms with Crippen molar-refractivity contribution < 1.29 is 14.4 Å². The minimum Gasteiger partial charge on any atom is -0.778 e. The van der Waals surface area contributed by atoms with Gasteiger partial charge in [-0.05, 0) is 5.56 Å². The maximum atomic E-state index is 10.4. The third-order valence-electron chi connectivity index (χ3n) is 1.23. The predicted molar refractivity (Wildman–Crippen MR) is 40.0 cm³/mol. The molecular weight excluding hydrogens is 163 g/mol. The average Bonchev–Trinajstić information content (AvgIpc) is 1.85. The maximum absolute atomic E-state index is 10.4. The van der Waals surface area contributed by atoms with E-state index in [1.165, 1.54) is 0 Å². The molecule has 60 valence electrons. The molecule has 0 aromatic heterocycles. The van der Waals surface area contributed by atoms with Crippen LogP contribution in [0.3, 0.4) is 0 Å². The van der Waals surface area contributed by atoms with Crippen molar-refractivity contribution in [3.05, 3.63) is 35.9 Å². The van der Waals surface area contributed by atoms with Gasteiger partial charge in [0, 0.05) is 6.16 Å². The standard InChI is InChI=1S/C7H9O3P/c8-11(9,10)6-7-4-2-1-3-5-7/h1-5H,6H2,(H2,8,9,10)/p-1. The number of rotatable bonds is 2. The van der Waals surface area contributed by atoms with Gasteiger partial charge in [-0.15, -0.1) is 0 Å². The fourth-order valence-corrected chi connectivity index (χ4v) is 1.49. The lowest BCUT2D eigenvalue weighted by Crippen LogP contribution is -2.01. The molecule has 0 heterocycles. The summed E-state index contributed by atoms with van der Waals surface area (Å²) in [6, 6.07) is 8.55. The largest absolute Gasteiger partial charge is 0.778 e. The van der Waals surface area contributed by atoms with Crippen LogP contribution in [0.1, 0.15) is 5.56 Å². The molecule has 4 heteroatoms. The van der Waals surface area contributed by atoms with Crippen LogP contribution in [-0.2, 0) is 10.7 Å². The molecule has 1 aromatic carbocycles. The van der Waals surface area contributed by atoms with E-state index in [1.807, 2.05) is 0 Å². The monoisotopic (exact) mass is 171 g/mol. The molecule has 0 amide bonds. The highest BCUT2D eigenvalue weighted by atomic mass is 31.2. The van der Waals surface area contributed by atoms with Crippen LogP contribution >= 0.6 is 7.60 Å². The lowest BCUT2D eigenvalue weighted by atomic mass is 10.2. The molecule has 0 radical (unpaired) electrons. The molecule has 0 spiro atoms.